The summed E-state index contributed by atoms with van der Waals surface area (Å²) in [5, 5.41) is 16.2. The summed E-state index contributed by atoms with van der Waals surface area (Å²) in [7, 11) is 0. The summed E-state index contributed by atoms with van der Waals surface area (Å²) in [5.74, 6) is 0.501. The molecule has 0 aliphatic heterocycles. The van der Waals surface area contributed by atoms with Crippen molar-refractivity contribution in [2.24, 2.45) is 0 Å². The van der Waals surface area contributed by atoms with E-state index < -0.39 is 0 Å². The van der Waals surface area contributed by atoms with Gasteiger partial charge >= 0.3 is 0 Å². The van der Waals surface area contributed by atoms with Gasteiger partial charge in [-0.3, -0.25) is 9.78 Å². The summed E-state index contributed by atoms with van der Waals surface area (Å²) >= 11 is 0. The second-order valence-electron chi connectivity index (χ2n) is 7.10. The molecule has 0 radical (unpaired) electrons. The number of rotatable bonds is 4. The molecule has 0 aliphatic carbocycles. The molecule has 0 saturated heterocycles. The van der Waals surface area contributed by atoms with Gasteiger partial charge < -0.3 is 5.32 Å². The van der Waals surface area contributed by atoms with E-state index >= 15 is 0 Å². The lowest BCUT2D eigenvalue weighted by Gasteiger charge is -2.09. The Bertz CT molecular complexity index is 1390. The summed E-state index contributed by atoms with van der Waals surface area (Å²) in [6.45, 7) is 1.92. The molecule has 0 atom stereocenters. The van der Waals surface area contributed by atoms with Crippen LogP contribution in [0.25, 0.3) is 28.3 Å². The molecule has 0 aliphatic rings. The summed E-state index contributed by atoms with van der Waals surface area (Å²) < 4.78 is 1.71. The first kappa shape index (κ1) is 18.6. The monoisotopic (exact) mass is 406 g/mol. The molecule has 3 aromatic heterocycles. The molecule has 0 saturated carbocycles. The number of carbonyl (C=O) groups excluding carboxylic acids is 1. The Hall–Kier alpha value is -4.39. The van der Waals surface area contributed by atoms with Crippen LogP contribution in [0.1, 0.15) is 15.9 Å². The van der Waals surface area contributed by atoms with Crippen LogP contribution in [0.5, 0.6) is 0 Å². The number of aryl methyl sites for hydroxylation is 1. The number of amides is 1. The molecule has 150 valence electrons. The lowest BCUT2D eigenvalue weighted by Crippen LogP contribution is -2.13. The molecular formula is C24H18N6O. The molecular weight excluding hydrogens is 388 g/mol. The number of pyridine rings is 1. The molecule has 0 fully saturated rings. The van der Waals surface area contributed by atoms with Crippen LogP contribution in [-0.4, -0.2) is 30.7 Å². The minimum atomic E-state index is -0.141. The van der Waals surface area contributed by atoms with Gasteiger partial charge in [0.05, 0.1) is 5.69 Å². The molecule has 0 unspecified atom stereocenters. The van der Waals surface area contributed by atoms with E-state index in [0.29, 0.717) is 22.7 Å². The fourth-order valence-electron chi connectivity index (χ4n) is 3.41. The van der Waals surface area contributed by atoms with Crippen molar-refractivity contribution in [1.82, 2.24) is 24.8 Å². The van der Waals surface area contributed by atoms with Gasteiger partial charge in [-0.25, -0.2) is 0 Å². The maximum absolute atomic E-state index is 12.7. The smallest absolute Gasteiger partial charge is 0.255 e. The van der Waals surface area contributed by atoms with Gasteiger partial charge in [-0.2, -0.15) is 9.61 Å². The number of anilines is 1. The Morgan fingerprint density at radius 3 is 2.55 bits per heavy atom. The van der Waals surface area contributed by atoms with Crippen molar-refractivity contribution in [2.75, 3.05) is 5.32 Å². The highest BCUT2D eigenvalue weighted by atomic mass is 16.1. The molecule has 7 heteroatoms. The van der Waals surface area contributed by atoms with Crippen LogP contribution in [0.15, 0.2) is 85.2 Å². The van der Waals surface area contributed by atoms with Gasteiger partial charge in [-0.1, -0.05) is 30.3 Å². The van der Waals surface area contributed by atoms with Crippen molar-refractivity contribution in [1.29, 1.82) is 0 Å². The molecule has 31 heavy (non-hydrogen) atoms. The normalized spacial score (nSPS) is 10.9. The van der Waals surface area contributed by atoms with Crippen LogP contribution >= 0.6 is 0 Å². The Balaban J connectivity index is 1.48. The van der Waals surface area contributed by atoms with Crippen molar-refractivity contribution in [2.45, 2.75) is 6.92 Å². The molecule has 0 spiro atoms. The van der Waals surface area contributed by atoms with Crippen LogP contribution in [0.3, 0.4) is 0 Å². The zero-order valence-electron chi connectivity index (χ0n) is 16.7. The van der Waals surface area contributed by atoms with Gasteiger partial charge in [0.25, 0.3) is 5.91 Å². The number of nitrogens with zero attached hydrogens (tertiary/aromatic N) is 5. The standard InChI is InChI=1S/C24H18N6O/c1-16-5-2-3-8-20(16)24(31)26-19-7-4-6-18(15-19)21-9-10-22-27-28-23(30(22)29-21)17-11-13-25-14-12-17/h2-15H,1H3,(H,26,31). The number of carbonyl (C=O) groups is 1. The van der Waals surface area contributed by atoms with E-state index in [2.05, 4.69) is 20.5 Å². The van der Waals surface area contributed by atoms with Crippen LogP contribution in [0.2, 0.25) is 0 Å². The van der Waals surface area contributed by atoms with Crippen molar-refractivity contribution >= 4 is 17.2 Å². The zero-order chi connectivity index (χ0) is 21.2. The second kappa shape index (κ2) is 7.79. The Morgan fingerprint density at radius 2 is 1.71 bits per heavy atom. The van der Waals surface area contributed by atoms with Crippen molar-refractivity contribution in [3.8, 4) is 22.6 Å². The van der Waals surface area contributed by atoms with E-state index in [0.717, 1.165) is 22.4 Å². The average Bonchev–Trinajstić information content (AvgIpc) is 3.23. The van der Waals surface area contributed by atoms with E-state index in [1.165, 1.54) is 0 Å². The van der Waals surface area contributed by atoms with Gasteiger partial charge in [0.15, 0.2) is 11.5 Å². The molecule has 5 rings (SSSR count). The van der Waals surface area contributed by atoms with E-state index in [4.69, 9.17) is 5.10 Å². The highest BCUT2D eigenvalue weighted by Gasteiger charge is 2.12. The summed E-state index contributed by atoms with van der Waals surface area (Å²) in [6.07, 6.45) is 3.42. The zero-order valence-corrected chi connectivity index (χ0v) is 16.7. The predicted octanol–water partition coefficient (Wildman–Crippen LogP) is 4.41. The van der Waals surface area contributed by atoms with Gasteiger partial charge in [0.1, 0.15) is 0 Å². The Morgan fingerprint density at radius 1 is 0.871 bits per heavy atom. The molecule has 1 amide bonds. The number of benzene rings is 2. The molecule has 5 aromatic rings. The number of nitrogens with one attached hydrogen (secondary N) is 1. The number of aromatic nitrogens is 5. The number of hydrogen-bond donors (Lipinski definition) is 1. The third kappa shape index (κ3) is 3.64. The fraction of sp³-hybridized carbons (Fsp3) is 0.0417. The van der Waals surface area contributed by atoms with Crippen LogP contribution < -0.4 is 5.32 Å². The van der Waals surface area contributed by atoms with Crippen LogP contribution in [0, 0.1) is 6.92 Å². The maximum atomic E-state index is 12.7. The number of hydrogen-bond acceptors (Lipinski definition) is 5. The molecule has 2 aromatic carbocycles. The van der Waals surface area contributed by atoms with Gasteiger partial charge in [-0.15, -0.1) is 10.2 Å². The van der Waals surface area contributed by atoms with Crippen LogP contribution in [-0.2, 0) is 0 Å². The summed E-state index contributed by atoms with van der Waals surface area (Å²) in [6, 6.07) is 22.6. The molecule has 0 bridgehead atoms. The van der Waals surface area contributed by atoms with E-state index in [-0.39, 0.29) is 5.91 Å². The van der Waals surface area contributed by atoms with Crippen molar-refractivity contribution < 1.29 is 4.79 Å². The first-order valence-corrected chi connectivity index (χ1v) is 9.79. The van der Waals surface area contributed by atoms with E-state index in [1.807, 2.05) is 79.7 Å². The third-order valence-corrected chi connectivity index (χ3v) is 5.01. The Labute approximate surface area is 178 Å². The summed E-state index contributed by atoms with van der Waals surface area (Å²) in [4.78, 5) is 16.7. The molecule has 7 nitrogen and oxygen atoms in total. The highest BCUT2D eigenvalue weighted by molar-refractivity contribution is 6.05. The van der Waals surface area contributed by atoms with Gasteiger partial charge in [0.2, 0.25) is 0 Å². The summed E-state index contributed by atoms with van der Waals surface area (Å²) in [5.41, 5.74) is 5.43. The average molecular weight is 406 g/mol. The van der Waals surface area contributed by atoms with Gasteiger partial charge in [-0.05, 0) is 55.0 Å². The minimum absolute atomic E-state index is 0.141. The SMILES string of the molecule is Cc1ccccc1C(=O)Nc1cccc(-c2ccc3nnc(-c4ccncc4)n3n2)c1. The minimum Gasteiger partial charge on any atom is -0.322 e. The first-order valence-electron chi connectivity index (χ1n) is 9.79. The third-order valence-electron chi connectivity index (χ3n) is 5.01. The van der Waals surface area contributed by atoms with E-state index in [9.17, 15) is 4.79 Å². The molecule has 1 N–H and O–H groups in total. The van der Waals surface area contributed by atoms with Gasteiger partial charge in [0, 0.05) is 34.8 Å². The largest absolute Gasteiger partial charge is 0.322 e. The quantitative estimate of drug-likeness (QED) is 0.478. The topological polar surface area (TPSA) is 85.1 Å². The lowest BCUT2D eigenvalue weighted by molar-refractivity contribution is 0.102. The van der Waals surface area contributed by atoms with Crippen molar-refractivity contribution in [3.63, 3.8) is 0 Å². The maximum Gasteiger partial charge on any atom is 0.255 e. The first-order chi connectivity index (χ1) is 15.2. The highest BCUT2D eigenvalue weighted by Crippen LogP contribution is 2.24. The fourth-order valence-corrected chi connectivity index (χ4v) is 3.41. The van der Waals surface area contributed by atoms with Crippen molar-refractivity contribution in [3.05, 3.63) is 96.3 Å². The Kier molecular flexibility index (Phi) is 4.68. The predicted molar refractivity (Wildman–Crippen MR) is 119 cm³/mol. The molecule has 3 heterocycles. The lowest BCUT2D eigenvalue weighted by atomic mass is 10.1. The van der Waals surface area contributed by atoms with Crippen LogP contribution in [0.4, 0.5) is 5.69 Å². The van der Waals surface area contributed by atoms with E-state index in [1.54, 1.807) is 16.9 Å². The number of fused-ring (bicyclic) bond motifs is 1. The second-order valence-corrected chi connectivity index (χ2v) is 7.10.